The molecule has 1 aliphatic rings. The molecular formula is C19H19N7O5. The maximum absolute atomic E-state index is 13.0. The van der Waals surface area contributed by atoms with Crippen molar-refractivity contribution in [3.8, 4) is 12.1 Å². The SMILES string of the molecule is COc1nc(C(=O)O)cc(N2CCC(n3c(=O)[nH]c4c(C#N)c(C)[nH]c4c3=O)CC2)n1. The molecule has 0 spiro atoms. The van der Waals surface area contributed by atoms with Gasteiger partial charge in [0, 0.05) is 30.9 Å². The number of nitrogens with one attached hydrogen (secondary N) is 2. The van der Waals surface area contributed by atoms with Gasteiger partial charge in [-0.1, -0.05) is 0 Å². The van der Waals surface area contributed by atoms with Crippen LogP contribution in [0.5, 0.6) is 6.01 Å². The van der Waals surface area contributed by atoms with Crippen LogP contribution in [0.3, 0.4) is 0 Å². The highest BCUT2D eigenvalue weighted by molar-refractivity contribution is 5.86. The van der Waals surface area contributed by atoms with Gasteiger partial charge in [-0.3, -0.25) is 9.36 Å². The first kappa shape index (κ1) is 20.1. The molecule has 31 heavy (non-hydrogen) atoms. The Labute approximate surface area is 174 Å². The Balaban J connectivity index is 1.63. The van der Waals surface area contributed by atoms with Crippen molar-refractivity contribution in [1.29, 1.82) is 5.26 Å². The average Bonchev–Trinajstić information content (AvgIpc) is 3.09. The molecule has 12 nitrogen and oxygen atoms in total. The summed E-state index contributed by atoms with van der Waals surface area (Å²) in [6, 6.07) is 2.96. The van der Waals surface area contributed by atoms with E-state index in [2.05, 4.69) is 19.9 Å². The highest BCUT2D eigenvalue weighted by Crippen LogP contribution is 2.26. The number of hydrogen-bond donors (Lipinski definition) is 3. The highest BCUT2D eigenvalue weighted by atomic mass is 16.5. The van der Waals surface area contributed by atoms with E-state index >= 15 is 0 Å². The lowest BCUT2D eigenvalue weighted by Gasteiger charge is -2.33. The van der Waals surface area contributed by atoms with E-state index in [1.54, 1.807) is 6.92 Å². The minimum Gasteiger partial charge on any atom is -0.477 e. The smallest absolute Gasteiger partial charge is 0.354 e. The first-order valence-electron chi connectivity index (χ1n) is 9.52. The summed E-state index contributed by atoms with van der Waals surface area (Å²) in [7, 11) is 1.35. The summed E-state index contributed by atoms with van der Waals surface area (Å²) in [5.74, 6) is -0.792. The van der Waals surface area contributed by atoms with Crippen LogP contribution < -0.4 is 20.9 Å². The maximum Gasteiger partial charge on any atom is 0.354 e. The zero-order valence-electron chi connectivity index (χ0n) is 16.8. The highest BCUT2D eigenvalue weighted by Gasteiger charge is 2.27. The second-order valence-corrected chi connectivity index (χ2v) is 7.21. The van der Waals surface area contributed by atoms with Gasteiger partial charge >= 0.3 is 17.7 Å². The van der Waals surface area contributed by atoms with E-state index in [-0.39, 0.29) is 34.3 Å². The van der Waals surface area contributed by atoms with Gasteiger partial charge in [-0.2, -0.15) is 15.2 Å². The molecular weight excluding hydrogens is 406 g/mol. The summed E-state index contributed by atoms with van der Waals surface area (Å²) in [5, 5.41) is 18.5. The van der Waals surface area contributed by atoms with Crippen molar-refractivity contribution in [1.82, 2.24) is 24.5 Å². The number of nitrogens with zero attached hydrogens (tertiary/aromatic N) is 5. The number of aryl methyl sites for hydroxylation is 1. The van der Waals surface area contributed by atoms with Crippen LogP contribution in [-0.2, 0) is 0 Å². The van der Waals surface area contributed by atoms with Crippen molar-refractivity contribution in [2.75, 3.05) is 25.1 Å². The van der Waals surface area contributed by atoms with Gasteiger partial charge in [0.2, 0.25) is 0 Å². The topological polar surface area (TPSA) is 170 Å². The van der Waals surface area contributed by atoms with Crippen molar-refractivity contribution in [2.24, 2.45) is 0 Å². The fourth-order valence-corrected chi connectivity index (χ4v) is 3.89. The summed E-state index contributed by atoms with van der Waals surface area (Å²) in [6.45, 7) is 2.56. The van der Waals surface area contributed by atoms with E-state index in [4.69, 9.17) is 4.74 Å². The van der Waals surface area contributed by atoms with Crippen molar-refractivity contribution in [3.05, 3.63) is 43.9 Å². The quantitative estimate of drug-likeness (QED) is 0.539. The number of hydrogen-bond acceptors (Lipinski definition) is 8. The van der Waals surface area contributed by atoms with E-state index in [0.717, 1.165) is 0 Å². The van der Waals surface area contributed by atoms with Gasteiger partial charge in [0.05, 0.1) is 18.2 Å². The molecule has 4 heterocycles. The third kappa shape index (κ3) is 3.39. The van der Waals surface area contributed by atoms with Gasteiger partial charge in [-0.05, 0) is 19.8 Å². The Morgan fingerprint density at radius 3 is 2.58 bits per heavy atom. The molecule has 4 rings (SSSR count). The number of piperidine rings is 1. The molecule has 160 valence electrons. The predicted octanol–water partition coefficient (Wildman–Crippen LogP) is 0.536. The number of rotatable bonds is 4. The lowest BCUT2D eigenvalue weighted by molar-refractivity contribution is 0.0689. The summed E-state index contributed by atoms with van der Waals surface area (Å²) >= 11 is 0. The number of carbonyl (C=O) groups is 1. The maximum atomic E-state index is 13.0. The molecule has 0 aromatic carbocycles. The van der Waals surface area contributed by atoms with Crippen molar-refractivity contribution in [2.45, 2.75) is 25.8 Å². The molecule has 1 aliphatic heterocycles. The fraction of sp³-hybridized carbons (Fsp3) is 0.368. The third-order valence-corrected chi connectivity index (χ3v) is 5.43. The fourth-order valence-electron chi connectivity index (χ4n) is 3.89. The third-order valence-electron chi connectivity index (χ3n) is 5.43. The van der Waals surface area contributed by atoms with Gasteiger partial charge in [-0.15, -0.1) is 0 Å². The molecule has 3 aromatic rings. The molecule has 0 saturated carbocycles. The monoisotopic (exact) mass is 425 g/mol. The average molecular weight is 425 g/mol. The molecule has 1 saturated heterocycles. The van der Waals surface area contributed by atoms with E-state index in [0.29, 0.717) is 37.4 Å². The molecule has 1 fully saturated rings. The lowest BCUT2D eigenvalue weighted by Crippen LogP contribution is -2.43. The predicted molar refractivity (Wildman–Crippen MR) is 109 cm³/mol. The molecule has 0 aliphatic carbocycles. The first-order valence-corrected chi connectivity index (χ1v) is 9.52. The molecule has 0 atom stereocenters. The van der Waals surface area contributed by atoms with Crippen LogP contribution in [0.4, 0.5) is 5.82 Å². The Hall–Kier alpha value is -4.14. The zero-order valence-corrected chi connectivity index (χ0v) is 16.8. The Morgan fingerprint density at radius 2 is 1.97 bits per heavy atom. The van der Waals surface area contributed by atoms with Crippen LogP contribution in [0.1, 0.15) is 40.6 Å². The van der Waals surface area contributed by atoms with E-state index in [9.17, 15) is 24.8 Å². The summed E-state index contributed by atoms with van der Waals surface area (Å²) < 4.78 is 6.17. The van der Waals surface area contributed by atoms with Crippen molar-refractivity contribution in [3.63, 3.8) is 0 Å². The molecule has 0 amide bonds. The molecule has 0 unspecified atom stereocenters. The second kappa shape index (κ2) is 7.60. The van der Waals surface area contributed by atoms with Gasteiger partial charge in [0.25, 0.3) is 5.56 Å². The summed E-state index contributed by atoms with van der Waals surface area (Å²) in [4.78, 5) is 52.3. The minimum absolute atomic E-state index is 0.0504. The zero-order chi connectivity index (χ0) is 22.3. The largest absolute Gasteiger partial charge is 0.477 e. The van der Waals surface area contributed by atoms with E-state index in [1.807, 2.05) is 11.0 Å². The van der Waals surface area contributed by atoms with Crippen molar-refractivity contribution < 1.29 is 14.6 Å². The van der Waals surface area contributed by atoms with Crippen molar-refractivity contribution >= 4 is 22.8 Å². The number of nitriles is 1. The Morgan fingerprint density at radius 1 is 1.26 bits per heavy atom. The number of anilines is 1. The summed E-state index contributed by atoms with van der Waals surface area (Å²) in [6.07, 6.45) is 0.933. The number of H-pyrrole nitrogens is 2. The Bertz CT molecular complexity index is 1340. The molecule has 0 bridgehead atoms. The normalized spacial score (nSPS) is 14.5. The number of aromatic amines is 2. The lowest BCUT2D eigenvalue weighted by atomic mass is 10.0. The van der Waals surface area contributed by atoms with Gasteiger partial charge < -0.3 is 24.7 Å². The Kier molecular flexibility index (Phi) is 4.94. The number of aromatic carboxylic acids is 1. The number of ether oxygens (including phenoxy) is 1. The second-order valence-electron chi connectivity index (χ2n) is 7.21. The van der Waals surface area contributed by atoms with Crippen LogP contribution in [0.25, 0.3) is 11.0 Å². The van der Waals surface area contributed by atoms with Gasteiger partial charge in [0.1, 0.15) is 17.4 Å². The van der Waals surface area contributed by atoms with E-state index < -0.39 is 17.2 Å². The van der Waals surface area contributed by atoms with Crippen LogP contribution in [0, 0.1) is 18.3 Å². The number of carboxylic acids is 1. The van der Waals surface area contributed by atoms with Crippen LogP contribution in [0.2, 0.25) is 0 Å². The molecule has 12 heteroatoms. The first-order chi connectivity index (χ1) is 14.8. The molecule has 3 aromatic heterocycles. The number of methoxy groups -OCH3 is 1. The van der Waals surface area contributed by atoms with Crippen LogP contribution >= 0.6 is 0 Å². The molecule has 3 N–H and O–H groups in total. The van der Waals surface area contributed by atoms with Gasteiger partial charge in [0.15, 0.2) is 5.69 Å². The van der Waals surface area contributed by atoms with E-state index in [1.165, 1.54) is 17.7 Å². The van der Waals surface area contributed by atoms with Gasteiger partial charge in [-0.25, -0.2) is 9.59 Å². The number of fused-ring (bicyclic) bond motifs is 1. The number of aromatic nitrogens is 5. The van der Waals surface area contributed by atoms with Crippen LogP contribution in [0.15, 0.2) is 15.7 Å². The number of carboxylic acid groups (broad SMARTS) is 1. The minimum atomic E-state index is -1.19. The molecule has 0 radical (unpaired) electrons. The summed E-state index contributed by atoms with van der Waals surface area (Å²) in [5.41, 5.74) is -0.0388. The standard InChI is InChI=1S/C19H19N7O5/c1-9-11(8-20)14-15(21-9)16(27)26(19(30)24-14)10-3-5-25(6-4-10)13-7-12(17(28)29)22-18(23-13)31-2/h7,10,21H,3-6H2,1-2H3,(H,24,30)(H,28,29). The van der Waals surface area contributed by atoms with Crippen LogP contribution in [-0.4, -0.2) is 55.8 Å².